The molecule has 0 atom stereocenters. The second-order valence-corrected chi connectivity index (χ2v) is 4.57. The molecule has 0 aliphatic carbocycles. The van der Waals surface area contributed by atoms with Gasteiger partial charge in [-0.1, -0.05) is 25.4 Å². The molecule has 0 bridgehead atoms. The highest BCUT2D eigenvalue weighted by atomic mass is 35.5. The van der Waals surface area contributed by atoms with E-state index in [4.69, 9.17) is 16.7 Å². The third-order valence-corrected chi connectivity index (χ3v) is 3.17. The molecule has 0 unspecified atom stereocenters. The van der Waals surface area contributed by atoms with Gasteiger partial charge in [-0.2, -0.15) is 0 Å². The zero-order valence-electron chi connectivity index (χ0n) is 11.5. The number of carboxylic acids is 1. The molecule has 1 fully saturated rings. The minimum Gasteiger partial charge on any atom is -0.480 e. The fourth-order valence-corrected chi connectivity index (χ4v) is 2.13. The van der Waals surface area contributed by atoms with Gasteiger partial charge in [0.05, 0.1) is 6.54 Å². The van der Waals surface area contributed by atoms with E-state index in [2.05, 4.69) is 4.90 Å². The van der Waals surface area contributed by atoms with Crippen LogP contribution in [0.3, 0.4) is 0 Å². The van der Waals surface area contributed by atoms with Crippen molar-refractivity contribution >= 4 is 23.3 Å². The van der Waals surface area contributed by atoms with Gasteiger partial charge in [-0.15, -0.1) is 0 Å². The van der Waals surface area contributed by atoms with Crippen molar-refractivity contribution in [1.29, 1.82) is 0 Å². The molecule has 0 aromatic heterocycles. The first-order valence-electron chi connectivity index (χ1n) is 6.60. The Morgan fingerprint density at radius 3 is 2.16 bits per heavy atom. The zero-order valence-corrected chi connectivity index (χ0v) is 12.2. The van der Waals surface area contributed by atoms with Crippen molar-refractivity contribution in [3.05, 3.63) is 29.3 Å². The number of hydrogen-bond donors (Lipinski definition) is 1. The molecule has 1 heterocycles. The number of anilines is 1. The Balaban J connectivity index is 0.000000861. The van der Waals surface area contributed by atoms with Gasteiger partial charge in [-0.3, -0.25) is 9.69 Å². The summed E-state index contributed by atoms with van der Waals surface area (Å²) in [6.07, 6.45) is 0. The van der Waals surface area contributed by atoms with Gasteiger partial charge < -0.3 is 10.0 Å². The molecule has 19 heavy (non-hydrogen) atoms. The fraction of sp³-hybridized carbons (Fsp3) is 0.500. The van der Waals surface area contributed by atoms with Gasteiger partial charge in [-0.05, 0) is 24.3 Å². The summed E-state index contributed by atoms with van der Waals surface area (Å²) >= 11 is 5.84. The molecule has 0 radical (unpaired) electrons. The highest BCUT2D eigenvalue weighted by Crippen LogP contribution is 2.19. The van der Waals surface area contributed by atoms with Crippen LogP contribution in [0.5, 0.6) is 0 Å². The first-order chi connectivity index (χ1) is 9.15. The molecule has 1 N–H and O–H groups in total. The Morgan fingerprint density at radius 1 is 1.16 bits per heavy atom. The maximum Gasteiger partial charge on any atom is 0.317 e. The van der Waals surface area contributed by atoms with Crippen LogP contribution in [-0.4, -0.2) is 48.7 Å². The number of piperazine rings is 1. The SMILES string of the molecule is CC.O=C(O)CN1CCN(c2ccc(Cl)cc2)CC1. The van der Waals surface area contributed by atoms with Crippen molar-refractivity contribution in [3.8, 4) is 0 Å². The standard InChI is InChI=1S/C12H15ClN2O2.C2H6/c13-10-1-3-11(4-2-10)15-7-5-14(6-8-15)9-12(16)17;1-2/h1-4H,5-9H2,(H,16,17);1-2H3. The third-order valence-electron chi connectivity index (χ3n) is 2.92. The fourth-order valence-electron chi connectivity index (χ4n) is 2.01. The lowest BCUT2D eigenvalue weighted by Gasteiger charge is -2.35. The average molecular weight is 285 g/mol. The van der Waals surface area contributed by atoms with Crippen molar-refractivity contribution in [1.82, 2.24) is 4.90 Å². The number of halogens is 1. The second-order valence-electron chi connectivity index (χ2n) is 4.13. The van der Waals surface area contributed by atoms with E-state index in [0.717, 1.165) is 36.9 Å². The molecule has 1 aromatic rings. The van der Waals surface area contributed by atoms with E-state index in [-0.39, 0.29) is 6.54 Å². The molecule has 4 nitrogen and oxygen atoms in total. The molecule has 1 saturated heterocycles. The van der Waals surface area contributed by atoms with Crippen LogP contribution in [0.1, 0.15) is 13.8 Å². The Morgan fingerprint density at radius 2 is 1.68 bits per heavy atom. The number of nitrogens with zero attached hydrogens (tertiary/aromatic N) is 2. The summed E-state index contributed by atoms with van der Waals surface area (Å²) in [5.74, 6) is -0.759. The van der Waals surface area contributed by atoms with Gasteiger partial charge in [0.1, 0.15) is 0 Å². The van der Waals surface area contributed by atoms with Crippen LogP contribution in [-0.2, 0) is 4.79 Å². The summed E-state index contributed by atoms with van der Waals surface area (Å²) in [7, 11) is 0. The smallest absolute Gasteiger partial charge is 0.317 e. The van der Waals surface area contributed by atoms with Gasteiger partial charge in [0.25, 0.3) is 0 Å². The van der Waals surface area contributed by atoms with Gasteiger partial charge in [0, 0.05) is 36.9 Å². The first-order valence-corrected chi connectivity index (χ1v) is 6.97. The lowest BCUT2D eigenvalue weighted by Crippen LogP contribution is -2.47. The highest BCUT2D eigenvalue weighted by Gasteiger charge is 2.18. The van der Waals surface area contributed by atoms with Crippen LogP contribution < -0.4 is 4.90 Å². The van der Waals surface area contributed by atoms with Crippen LogP contribution in [0.4, 0.5) is 5.69 Å². The predicted octanol–water partition coefficient (Wildman–Crippen LogP) is 2.57. The lowest BCUT2D eigenvalue weighted by atomic mass is 10.2. The Hall–Kier alpha value is -1.26. The first kappa shape index (κ1) is 15.8. The quantitative estimate of drug-likeness (QED) is 0.926. The van der Waals surface area contributed by atoms with Gasteiger partial charge in [-0.25, -0.2) is 0 Å². The van der Waals surface area contributed by atoms with E-state index in [1.807, 2.05) is 43.0 Å². The van der Waals surface area contributed by atoms with Crippen molar-refractivity contribution in [2.45, 2.75) is 13.8 Å². The molecule has 1 aliphatic rings. The normalized spacial score (nSPS) is 15.6. The van der Waals surface area contributed by atoms with Crippen LogP contribution in [0, 0.1) is 0 Å². The molecular formula is C14H21ClN2O2. The molecule has 5 heteroatoms. The van der Waals surface area contributed by atoms with Gasteiger partial charge >= 0.3 is 5.97 Å². The predicted molar refractivity (Wildman–Crippen MR) is 79.1 cm³/mol. The number of benzene rings is 1. The maximum absolute atomic E-state index is 10.6. The van der Waals surface area contributed by atoms with E-state index in [9.17, 15) is 4.79 Å². The second kappa shape index (κ2) is 8.02. The van der Waals surface area contributed by atoms with Crippen molar-refractivity contribution in [2.24, 2.45) is 0 Å². The molecule has 2 rings (SSSR count). The summed E-state index contributed by atoms with van der Waals surface area (Å²) < 4.78 is 0. The van der Waals surface area contributed by atoms with E-state index in [1.165, 1.54) is 0 Å². The average Bonchev–Trinajstić information content (AvgIpc) is 2.42. The highest BCUT2D eigenvalue weighted by molar-refractivity contribution is 6.30. The minimum atomic E-state index is -0.759. The largest absolute Gasteiger partial charge is 0.480 e. The number of aliphatic carboxylic acids is 1. The molecule has 1 aliphatic heterocycles. The van der Waals surface area contributed by atoms with E-state index in [1.54, 1.807) is 0 Å². The van der Waals surface area contributed by atoms with E-state index in [0.29, 0.717) is 0 Å². The van der Waals surface area contributed by atoms with E-state index < -0.39 is 5.97 Å². The molecule has 1 aromatic carbocycles. The maximum atomic E-state index is 10.6. The Labute approximate surface area is 119 Å². The van der Waals surface area contributed by atoms with Crippen LogP contribution in [0.15, 0.2) is 24.3 Å². The summed E-state index contributed by atoms with van der Waals surface area (Å²) in [6, 6.07) is 7.74. The lowest BCUT2D eigenvalue weighted by molar-refractivity contribution is -0.138. The van der Waals surface area contributed by atoms with Gasteiger partial charge in [0.15, 0.2) is 0 Å². The number of rotatable bonds is 3. The summed E-state index contributed by atoms with van der Waals surface area (Å²) in [5, 5.41) is 9.44. The number of carbonyl (C=O) groups is 1. The summed E-state index contributed by atoms with van der Waals surface area (Å²) in [4.78, 5) is 14.8. The zero-order chi connectivity index (χ0) is 14.3. The van der Waals surface area contributed by atoms with Crippen LogP contribution >= 0.6 is 11.6 Å². The topological polar surface area (TPSA) is 43.8 Å². The minimum absolute atomic E-state index is 0.133. The van der Waals surface area contributed by atoms with Crippen molar-refractivity contribution in [2.75, 3.05) is 37.6 Å². The molecule has 0 amide bonds. The van der Waals surface area contributed by atoms with Crippen molar-refractivity contribution < 1.29 is 9.90 Å². The summed E-state index contributed by atoms with van der Waals surface area (Å²) in [6.45, 7) is 7.42. The molecule has 106 valence electrons. The Bertz CT molecular complexity index is 387. The Kier molecular flexibility index (Phi) is 6.67. The monoisotopic (exact) mass is 284 g/mol. The number of carboxylic acid groups (broad SMARTS) is 1. The van der Waals surface area contributed by atoms with Gasteiger partial charge in [0.2, 0.25) is 0 Å². The van der Waals surface area contributed by atoms with Crippen LogP contribution in [0.25, 0.3) is 0 Å². The molecular weight excluding hydrogens is 264 g/mol. The third kappa shape index (κ3) is 5.09. The van der Waals surface area contributed by atoms with Crippen LogP contribution in [0.2, 0.25) is 5.02 Å². The molecule has 0 saturated carbocycles. The van der Waals surface area contributed by atoms with Crippen molar-refractivity contribution in [3.63, 3.8) is 0 Å². The van der Waals surface area contributed by atoms with E-state index >= 15 is 0 Å². The summed E-state index contributed by atoms with van der Waals surface area (Å²) in [5.41, 5.74) is 1.14. The molecule has 0 spiro atoms. The number of hydrogen-bond acceptors (Lipinski definition) is 3.